The minimum Gasteiger partial charge on any atom is -0.383 e. The van der Waals surface area contributed by atoms with E-state index in [0.717, 1.165) is 12.0 Å². The second kappa shape index (κ2) is 5.12. The highest BCUT2D eigenvalue weighted by Crippen LogP contribution is 2.28. The molecule has 20 heavy (non-hydrogen) atoms. The average molecular weight is 270 g/mol. The first-order chi connectivity index (χ1) is 9.32. The SMILES string of the molecule is Cc1c(C)c(C)c(Cc2cnc(N)nc2N)c(C)c1C. The molecule has 4 nitrogen and oxygen atoms in total. The van der Waals surface area contributed by atoms with Gasteiger partial charge in [-0.2, -0.15) is 4.98 Å². The Morgan fingerprint density at radius 1 is 0.850 bits per heavy atom. The third kappa shape index (κ3) is 2.33. The van der Waals surface area contributed by atoms with Crippen LogP contribution in [0, 0.1) is 34.6 Å². The first kappa shape index (κ1) is 14.3. The number of hydrogen-bond acceptors (Lipinski definition) is 4. The number of anilines is 2. The van der Waals surface area contributed by atoms with Gasteiger partial charge >= 0.3 is 0 Å². The van der Waals surface area contributed by atoms with Crippen molar-refractivity contribution in [2.24, 2.45) is 0 Å². The molecule has 0 atom stereocenters. The van der Waals surface area contributed by atoms with Gasteiger partial charge in [-0.05, 0) is 68.0 Å². The Bertz CT molecular complexity index is 646. The van der Waals surface area contributed by atoms with Crippen LogP contribution in [-0.2, 0) is 6.42 Å². The van der Waals surface area contributed by atoms with Crippen LogP contribution in [0.4, 0.5) is 11.8 Å². The quantitative estimate of drug-likeness (QED) is 0.879. The lowest BCUT2D eigenvalue weighted by atomic mass is 9.87. The molecule has 2 aromatic rings. The topological polar surface area (TPSA) is 77.8 Å². The molecule has 0 saturated heterocycles. The first-order valence-electron chi connectivity index (χ1n) is 6.75. The molecule has 1 heterocycles. The maximum absolute atomic E-state index is 5.94. The first-order valence-corrected chi connectivity index (χ1v) is 6.75. The van der Waals surface area contributed by atoms with Gasteiger partial charge in [0, 0.05) is 18.2 Å². The monoisotopic (exact) mass is 270 g/mol. The molecule has 2 rings (SSSR count). The molecular formula is C16H22N4. The van der Waals surface area contributed by atoms with E-state index in [1.807, 2.05) is 0 Å². The van der Waals surface area contributed by atoms with Gasteiger partial charge in [-0.3, -0.25) is 0 Å². The van der Waals surface area contributed by atoms with Crippen molar-refractivity contribution in [1.29, 1.82) is 0 Å². The number of benzene rings is 1. The van der Waals surface area contributed by atoms with E-state index in [-0.39, 0.29) is 5.95 Å². The molecule has 106 valence electrons. The number of aromatic nitrogens is 2. The van der Waals surface area contributed by atoms with E-state index < -0.39 is 0 Å². The summed E-state index contributed by atoms with van der Waals surface area (Å²) in [7, 11) is 0. The van der Waals surface area contributed by atoms with E-state index in [1.165, 1.54) is 33.4 Å². The van der Waals surface area contributed by atoms with E-state index in [9.17, 15) is 0 Å². The van der Waals surface area contributed by atoms with Crippen molar-refractivity contribution in [2.45, 2.75) is 41.0 Å². The van der Waals surface area contributed by atoms with Crippen molar-refractivity contribution in [2.75, 3.05) is 11.5 Å². The highest BCUT2D eigenvalue weighted by molar-refractivity contribution is 5.53. The second-order valence-electron chi connectivity index (χ2n) is 5.42. The van der Waals surface area contributed by atoms with Gasteiger partial charge in [0.05, 0.1) is 0 Å². The largest absolute Gasteiger partial charge is 0.383 e. The standard InChI is InChI=1S/C16H22N4/c1-8-9(2)11(4)14(12(5)10(8)3)6-13-7-19-16(18)20-15(13)17/h7H,6H2,1-5H3,(H4,17,18,19,20). The van der Waals surface area contributed by atoms with Crippen LogP contribution >= 0.6 is 0 Å². The third-order valence-corrected chi connectivity index (χ3v) is 4.44. The van der Waals surface area contributed by atoms with Crippen LogP contribution in [0.25, 0.3) is 0 Å². The van der Waals surface area contributed by atoms with Gasteiger partial charge in [0.25, 0.3) is 0 Å². The van der Waals surface area contributed by atoms with Crippen LogP contribution in [0.1, 0.15) is 38.9 Å². The molecule has 0 aliphatic carbocycles. The van der Waals surface area contributed by atoms with E-state index in [2.05, 4.69) is 44.6 Å². The predicted octanol–water partition coefficient (Wildman–Crippen LogP) is 2.77. The number of nitrogens with zero attached hydrogens (tertiary/aromatic N) is 2. The molecule has 0 amide bonds. The number of rotatable bonds is 2. The summed E-state index contributed by atoms with van der Waals surface area (Å²) in [6.45, 7) is 10.8. The van der Waals surface area contributed by atoms with Crippen molar-refractivity contribution < 1.29 is 0 Å². The van der Waals surface area contributed by atoms with Gasteiger partial charge in [-0.1, -0.05) is 0 Å². The van der Waals surface area contributed by atoms with Crippen LogP contribution in [0.2, 0.25) is 0 Å². The summed E-state index contributed by atoms with van der Waals surface area (Å²) in [4.78, 5) is 8.08. The van der Waals surface area contributed by atoms with Crippen LogP contribution in [-0.4, -0.2) is 9.97 Å². The molecule has 1 aromatic heterocycles. The van der Waals surface area contributed by atoms with Gasteiger partial charge in [0.1, 0.15) is 5.82 Å². The van der Waals surface area contributed by atoms with E-state index >= 15 is 0 Å². The molecular weight excluding hydrogens is 248 g/mol. The Morgan fingerprint density at radius 3 is 1.85 bits per heavy atom. The van der Waals surface area contributed by atoms with Gasteiger partial charge in [0.15, 0.2) is 0 Å². The van der Waals surface area contributed by atoms with Crippen LogP contribution < -0.4 is 11.5 Å². The van der Waals surface area contributed by atoms with Crippen molar-refractivity contribution in [3.8, 4) is 0 Å². The minimum atomic E-state index is 0.218. The smallest absolute Gasteiger partial charge is 0.221 e. The van der Waals surface area contributed by atoms with Crippen LogP contribution in [0.3, 0.4) is 0 Å². The van der Waals surface area contributed by atoms with Gasteiger partial charge in [0.2, 0.25) is 5.95 Å². The lowest BCUT2D eigenvalue weighted by molar-refractivity contribution is 1.04. The molecule has 0 aliphatic heterocycles. The van der Waals surface area contributed by atoms with Crippen molar-refractivity contribution in [3.05, 3.63) is 45.1 Å². The Kier molecular flexibility index (Phi) is 3.66. The lowest BCUT2D eigenvalue weighted by Crippen LogP contribution is -2.07. The predicted molar refractivity (Wildman–Crippen MR) is 83.8 cm³/mol. The fraction of sp³-hybridized carbons (Fsp3) is 0.375. The van der Waals surface area contributed by atoms with Gasteiger partial charge in [-0.25, -0.2) is 4.98 Å². The molecule has 4 N–H and O–H groups in total. The van der Waals surface area contributed by atoms with Crippen LogP contribution in [0.15, 0.2) is 6.20 Å². The van der Waals surface area contributed by atoms with E-state index in [4.69, 9.17) is 11.5 Å². The van der Waals surface area contributed by atoms with Gasteiger partial charge in [-0.15, -0.1) is 0 Å². The van der Waals surface area contributed by atoms with Crippen molar-refractivity contribution in [1.82, 2.24) is 9.97 Å². The van der Waals surface area contributed by atoms with Crippen molar-refractivity contribution in [3.63, 3.8) is 0 Å². The Balaban J connectivity index is 2.54. The zero-order valence-electron chi connectivity index (χ0n) is 12.8. The lowest BCUT2D eigenvalue weighted by Gasteiger charge is -2.19. The summed E-state index contributed by atoms with van der Waals surface area (Å²) in [6.07, 6.45) is 2.47. The number of hydrogen-bond donors (Lipinski definition) is 2. The third-order valence-electron chi connectivity index (χ3n) is 4.44. The second-order valence-corrected chi connectivity index (χ2v) is 5.42. The van der Waals surface area contributed by atoms with Crippen molar-refractivity contribution >= 4 is 11.8 Å². The molecule has 0 aliphatic rings. The van der Waals surface area contributed by atoms with Gasteiger partial charge < -0.3 is 11.5 Å². The molecule has 4 heteroatoms. The van der Waals surface area contributed by atoms with E-state index in [1.54, 1.807) is 6.20 Å². The van der Waals surface area contributed by atoms with E-state index in [0.29, 0.717) is 5.82 Å². The Hall–Kier alpha value is -2.10. The highest BCUT2D eigenvalue weighted by Gasteiger charge is 2.14. The number of nitrogen functional groups attached to an aromatic ring is 2. The summed E-state index contributed by atoms with van der Waals surface area (Å²) in [5, 5.41) is 0. The maximum Gasteiger partial charge on any atom is 0.221 e. The summed E-state index contributed by atoms with van der Waals surface area (Å²) < 4.78 is 0. The normalized spacial score (nSPS) is 10.8. The maximum atomic E-state index is 5.94. The molecule has 1 aromatic carbocycles. The fourth-order valence-corrected chi connectivity index (χ4v) is 2.60. The molecule has 0 bridgehead atoms. The summed E-state index contributed by atoms with van der Waals surface area (Å²) >= 11 is 0. The molecule has 0 spiro atoms. The Morgan fingerprint density at radius 2 is 1.35 bits per heavy atom. The Labute approximate surface area is 120 Å². The van der Waals surface area contributed by atoms with Crippen LogP contribution in [0.5, 0.6) is 0 Å². The summed E-state index contributed by atoms with van der Waals surface area (Å²) in [5.41, 5.74) is 20.4. The fourth-order valence-electron chi connectivity index (χ4n) is 2.60. The molecule has 0 saturated carbocycles. The average Bonchev–Trinajstić information content (AvgIpc) is 2.41. The summed E-state index contributed by atoms with van der Waals surface area (Å²) in [5.74, 6) is 0.683. The molecule has 0 radical (unpaired) electrons. The highest BCUT2D eigenvalue weighted by atomic mass is 15.0. The molecule has 0 fully saturated rings. The zero-order valence-corrected chi connectivity index (χ0v) is 12.8. The minimum absolute atomic E-state index is 0.218. The molecule has 0 unspecified atom stereocenters. The summed E-state index contributed by atoms with van der Waals surface area (Å²) in [6, 6.07) is 0. The zero-order chi connectivity index (χ0) is 15.0. The number of nitrogens with two attached hydrogens (primary N) is 2.